The Morgan fingerprint density at radius 1 is 1.19 bits per heavy atom. The molecule has 1 heterocycles. The normalized spacial score (nSPS) is 40.4. The van der Waals surface area contributed by atoms with Crippen LogP contribution in [-0.4, -0.2) is 64.3 Å². The third kappa shape index (κ3) is 3.00. The SMILES string of the molecule is C/C=C\CO[C@@H]1OC(CO)C(O)C(O)C1O. The van der Waals surface area contributed by atoms with Crippen molar-refractivity contribution >= 4 is 0 Å². The lowest BCUT2D eigenvalue weighted by molar-refractivity contribution is -0.298. The number of allylic oxidation sites excluding steroid dienone is 1. The van der Waals surface area contributed by atoms with E-state index in [1.54, 1.807) is 12.2 Å². The summed E-state index contributed by atoms with van der Waals surface area (Å²) in [5, 5.41) is 37.4. The minimum atomic E-state index is -1.39. The first-order chi connectivity index (χ1) is 7.61. The molecule has 1 fully saturated rings. The number of aliphatic hydroxyl groups is 4. The van der Waals surface area contributed by atoms with Gasteiger partial charge in [0.25, 0.3) is 0 Å². The molecular formula is C10H18O6. The number of ether oxygens (including phenoxy) is 2. The highest BCUT2D eigenvalue weighted by atomic mass is 16.7. The summed E-state index contributed by atoms with van der Waals surface area (Å²) in [6.45, 7) is 1.59. The highest BCUT2D eigenvalue weighted by molar-refractivity contribution is 4.89. The Labute approximate surface area is 93.7 Å². The van der Waals surface area contributed by atoms with Crippen molar-refractivity contribution in [3.05, 3.63) is 12.2 Å². The Kier molecular flexibility index (Phi) is 5.33. The molecule has 0 spiro atoms. The summed E-state index contributed by atoms with van der Waals surface area (Å²) in [5.74, 6) is 0. The van der Waals surface area contributed by atoms with Crippen molar-refractivity contribution in [2.45, 2.75) is 37.6 Å². The first-order valence-corrected chi connectivity index (χ1v) is 5.15. The summed E-state index contributed by atoms with van der Waals surface area (Å²) in [7, 11) is 0. The molecule has 0 aromatic carbocycles. The first kappa shape index (κ1) is 13.6. The first-order valence-electron chi connectivity index (χ1n) is 5.15. The molecule has 4 N–H and O–H groups in total. The fourth-order valence-corrected chi connectivity index (χ4v) is 1.45. The Morgan fingerprint density at radius 3 is 2.44 bits per heavy atom. The van der Waals surface area contributed by atoms with E-state index in [-0.39, 0.29) is 6.61 Å². The van der Waals surface area contributed by atoms with Gasteiger partial charge in [0, 0.05) is 0 Å². The molecule has 6 nitrogen and oxygen atoms in total. The molecule has 0 aliphatic carbocycles. The van der Waals surface area contributed by atoms with Crippen molar-refractivity contribution in [1.29, 1.82) is 0 Å². The Hall–Kier alpha value is -0.500. The molecular weight excluding hydrogens is 216 g/mol. The molecule has 0 saturated carbocycles. The zero-order valence-corrected chi connectivity index (χ0v) is 9.06. The molecule has 6 heteroatoms. The summed E-state index contributed by atoms with van der Waals surface area (Å²) in [6, 6.07) is 0. The number of hydrogen-bond acceptors (Lipinski definition) is 6. The van der Waals surface area contributed by atoms with Gasteiger partial charge in [-0.2, -0.15) is 0 Å². The minimum Gasteiger partial charge on any atom is -0.394 e. The standard InChI is InChI=1S/C10H18O6/c1-2-3-4-15-10-9(14)8(13)7(12)6(5-11)16-10/h2-3,6-14H,4-5H2,1H3/b3-2-/t6?,7?,8?,9?,10-/m1/s1. The molecule has 0 bridgehead atoms. The van der Waals surface area contributed by atoms with Gasteiger partial charge < -0.3 is 29.9 Å². The molecule has 1 rings (SSSR count). The van der Waals surface area contributed by atoms with Crippen LogP contribution in [0.2, 0.25) is 0 Å². The largest absolute Gasteiger partial charge is 0.394 e. The van der Waals surface area contributed by atoms with Gasteiger partial charge in [0.05, 0.1) is 13.2 Å². The molecule has 16 heavy (non-hydrogen) atoms. The average molecular weight is 234 g/mol. The molecule has 4 unspecified atom stereocenters. The van der Waals surface area contributed by atoms with Gasteiger partial charge in [-0.1, -0.05) is 12.2 Å². The molecule has 1 saturated heterocycles. The van der Waals surface area contributed by atoms with Gasteiger partial charge in [-0.05, 0) is 6.92 Å². The second kappa shape index (κ2) is 6.29. The van der Waals surface area contributed by atoms with Crippen LogP contribution in [0.15, 0.2) is 12.2 Å². The van der Waals surface area contributed by atoms with Crippen LogP contribution in [-0.2, 0) is 9.47 Å². The predicted octanol–water partition coefficient (Wildman–Crippen LogP) is -1.62. The van der Waals surface area contributed by atoms with Crippen LogP contribution in [0, 0.1) is 0 Å². The molecule has 1 aliphatic heterocycles. The van der Waals surface area contributed by atoms with Gasteiger partial charge in [0.2, 0.25) is 0 Å². The quantitative estimate of drug-likeness (QED) is 0.436. The van der Waals surface area contributed by atoms with Crippen LogP contribution in [0.4, 0.5) is 0 Å². The number of hydrogen-bond donors (Lipinski definition) is 4. The second-order valence-corrected chi connectivity index (χ2v) is 3.60. The maximum Gasteiger partial charge on any atom is 0.187 e. The van der Waals surface area contributed by atoms with Crippen molar-refractivity contribution < 1.29 is 29.9 Å². The van der Waals surface area contributed by atoms with Crippen molar-refractivity contribution in [2.75, 3.05) is 13.2 Å². The molecule has 0 aromatic heterocycles. The topological polar surface area (TPSA) is 99.4 Å². The van der Waals surface area contributed by atoms with E-state index >= 15 is 0 Å². The smallest absolute Gasteiger partial charge is 0.187 e. The van der Waals surface area contributed by atoms with E-state index in [1.165, 1.54) is 0 Å². The van der Waals surface area contributed by atoms with E-state index in [0.29, 0.717) is 0 Å². The maximum absolute atomic E-state index is 9.55. The summed E-state index contributed by atoms with van der Waals surface area (Å²) in [4.78, 5) is 0. The molecule has 5 atom stereocenters. The fraction of sp³-hybridized carbons (Fsp3) is 0.800. The molecule has 1 aliphatic rings. The van der Waals surface area contributed by atoms with Gasteiger partial charge in [0.1, 0.15) is 24.4 Å². The minimum absolute atomic E-state index is 0.221. The monoisotopic (exact) mass is 234 g/mol. The highest BCUT2D eigenvalue weighted by Gasteiger charge is 2.43. The number of rotatable bonds is 4. The van der Waals surface area contributed by atoms with E-state index in [9.17, 15) is 15.3 Å². The van der Waals surface area contributed by atoms with Gasteiger partial charge in [-0.25, -0.2) is 0 Å². The highest BCUT2D eigenvalue weighted by Crippen LogP contribution is 2.21. The van der Waals surface area contributed by atoms with Crippen LogP contribution in [0.25, 0.3) is 0 Å². The van der Waals surface area contributed by atoms with E-state index in [2.05, 4.69) is 0 Å². The van der Waals surface area contributed by atoms with Gasteiger partial charge in [0.15, 0.2) is 6.29 Å². The summed E-state index contributed by atoms with van der Waals surface area (Å²) in [5.41, 5.74) is 0. The maximum atomic E-state index is 9.55. The van der Waals surface area contributed by atoms with Crippen molar-refractivity contribution in [1.82, 2.24) is 0 Å². The van der Waals surface area contributed by atoms with Gasteiger partial charge >= 0.3 is 0 Å². The zero-order chi connectivity index (χ0) is 12.1. The third-order valence-electron chi connectivity index (χ3n) is 2.44. The number of aliphatic hydroxyl groups excluding tert-OH is 4. The van der Waals surface area contributed by atoms with E-state index in [1.807, 2.05) is 6.92 Å². The van der Waals surface area contributed by atoms with Crippen LogP contribution in [0.5, 0.6) is 0 Å². The van der Waals surface area contributed by atoms with Crippen LogP contribution in [0.1, 0.15) is 6.92 Å². The Bertz CT molecular complexity index is 229. The third-order valence-corrected chi connectivity index (χ3v) is 2.44. The van der Waals surface area contributed by atoms with Crippen molar-refractivity contribution in [3.63, 3.8) is 0 Å². The average Bonchev–Trinajstić information content (AvgIpc) is 2.29. The van der Waals surface area contributed by atoms with Gasteiger partial charge in [-0.3, -0.25) is 0 Å². The lowest BCUT2D eigenvalue weighted by Crippen LogP contribution is -2.59. The van der Waals surface area contributed by atoms with Crippen molar-refractivity contribution in [2.24, 2.45) is 0 Å². The molecule has 0 aromatic rings. The van der Waals surface area contributed by atoms with Crippen LogP contribution >= 0.6 is 0 Å². The molecule has 94 valence electrons. The Balaban J connectivity index is 2.56. The Morgan fingerprint density at radius 2 is 1.88 bits per heavy atom. The fourth-order valence-electron chi connectivity index (χ4n) is 1.45. The van der Waals surface area contributed by atoms with Gasteiger partial charge in [-0.15, -0.1) is 0 Å². The van der Waals surface area contributed by atoms with Crippen molar-refractivity contribution in [3.8, 4) is 0 Å². The molecule has 0 radical (unpaired) electrons. The van der Waals surface area contributed by atoms with Crippen LogP contribution < -0.4 is 0 Å². The lowest BCUT2D eigenvalue weighted by atomic mass is 9.99. The van der Waals surface area contributed by atoms with E-state index in [4.69, 9.17) is 14.6 Å². The lowest BCUT2D eigenvalue weighted by Gasteiger charge is -2.39. The second-order valence-electron chi connectivity index (χ2n) is 3.60. The summed E-state index contributed by atoms with van der Waals surface area (Å²) >= 11 is 0. The van der Waals surface area contributed by atoms with E-state index in [0.717, 1.165) is 0 Å². The summed E-state index contributed by atoms with van der Waals surface area (Å²) < 4.78 is 10.3. The summed E-state index contributed by atoms with van der Waals surface area (Å²) in [6.07, 6.45) is -2.56. The molecule has 0 amide bonds. The predicted molar refractivity (Wildman–Crippen MR) is 54.5 cm³/mol. The van der Waals surface area contributed by atoms with Crippen LogP contribution in [0.3, 0.4) is 0 Å². The van der Waals surface area contributed by atoms with E-state index < -0.39 is 37.3 Å². The zero-order valence-electron chi connectivity index (χ0n) is 9.06.